The monoisotopic (exact) mass is 221 g/mol. The van der Waals surface area contributed by atoms with Gasteiger partial charge in [0.1, 0.15) is 0 Å². The fourth-order valence-corrected chi connectivity index (χ4v) is 2.68. The summed E-state index contributed by atoms with van der Waals surface area (Å²) in [5.41, 5.74) is 0. The Morgan fingerprint density at radius 1 is 1.38 bits per heavy atom. The van der Waals surface area contributed by atoms with Crippen molar-refractivity contribution in [3.05, 3.63) is 0 Å². The van der Waals surface area contributed by atoms with Crippen LogP contribution in [0.4, 0.5) is 0 Å². The first-order valence-electron chi connectivity index (χ1n) is 5.23. The second kappa shape index (κ2) is 6.97. The molecule has 0 aromatic rings. The molecule has 0 saturated carbocycles. The summed E-state index contributed by atoms with van der Waals surface area (Å²) in [6.45, 7) is 6.15. The van der Waals surface area contributed by atoms with Gasteiger partial charge in [-0.2, -0.15) is 11.8 Å². The molecule has 0 radical (unpaired) electrons. The predicted octanol–water partition coefficient (Wildman–Crippen LogP) is 2.83. The van der Waals surface area contributed by atoms with E-state index in [0.717, 1.165) is 5.88 Å². The number of likely N-dealkylation sites (tertiary alicyclic amines) is 1. The van der Waals surface area contributed by atoms with Gasteiger partial charge in [-0.1, -0.05) is 6.92 Å². The van der Waals surface area contributed by atoms with Crippen LogP contribution >= 0.6 is 23.4 Å². The fraction of sp³-hybridized carbons (Fsp3) is 1.00. The highest BCUT2D eigenvalue weighted by Crippen LogP contribution is 2.14. The van der Waals surface area contributed by atoms with Gasteiger partial charge in [-0.15, -0.1) is 11.6 Å². The summed E-state index contributed by atoms with van der Waals surface area (Å²) in [4.78, 5) is 2.58. The van der Waals surface area contributed by atoms with Crippen molar-refractivity contribution < 1.29 is 0 Å². The molecule has 0 amide bonds. The molecule has 1 aliphatic rings. The number of thioether (sulfide) groups is 1. The van der Waals surface area contributed by atoms with Crippen LogP contribution in [0.1, 0.15) is 26.2 Å². The molecule has 78 valence electrons. The molecule has 0 N–H and O–H groups in total. The number of rotatable bonds is 6. The summed E-state index contributed by atoms with van der Waals surface area (Å²) < 4.78 is 0. The molecule has 0 spiro atoms. The SMILES string of the molecule is CC(CCl)SCCCN1CCCC1. The summed E-state index contributed by atoms with van der Waals surface area (Å²) >= 11 is 7.73. The van der Waals surface area contributed by atoms with E-state index in [-0.39, 0.29) is 0 Å². The molecule has 1 nitrogen and oxygen atoms in total. The van der Waals surface area contributed by atoms with E-state index in [4.69, 9.17) is 11.6 Å². The second-order valence-electron chi connectivity index (χ2n) is 3.74. The minimum absolute atomic E-state index is 0.625. The zero-order chi connectivity index (χ0) is 9.52. The summed E-state index contributed by atoms with van der Waals surface area (Å²) in [6.07, 6.45) is 4.14. The molecule has 1 fully saturated rings. The first-order chi connectivity index (χ1) is 6.33. The molecule has 0 aromatic carbocycles. The minimum Gasteiger partial charge on any atom is -0.303 e. The van der Waals surface area contributed by atoms with Gasteiger partial charge < -0.3 is 4.90 Å². The van der Waals surface area contributed by atoms with Gasteiger partial charge in [0, 0.05) is 11.1 Å². The molecule has 1 rings (SSSR count). The van der Waals surface area contributed by atoms with Gasteiger partial charge in [0.05, 0.1) is 0 Å². The van der Waals surface area contributed by atoms with Crippen LogP contribution in [0.5, 0.6) is 0 Å². The van der Waals surface area contributed by atoms with Crippen LogP contribution in [0, 0.1) is 0 Å². The lowest BCUT2D eigenvalue weighted by molar-refractivity contribution is 0.341. The quantitative estimate of drug-likeness (QED) is 0.501. The fourth-order valence-electron chi connectivity index (χ4n) is 1.62. The molecule has 1 unspecified atom stereocenters. The normalized spacial score (nSPS) is 20.8. The predicted molar refractivity (Wildman–Crippen MR) is 62.9 cm³/mol. The Morgan fingerprint density at radius 3 is 2.69 bits per heavy atom. The molecule has 0 aromatic heterocycles. The van der Waals surface area contributed by atoms with Crippen molar-refractivity contribution in [1.29, 1.82) is 0 Å². The van der Waals surface area contributed by atoms with Gasteiger partial charge in [-0.05, 0) is 44.6 Å². The Labute approximate surface area is 91.2 Å². The average molecular weight is 222 g/mol. The molecule has 3 heteroatoms. The Balaban J connectivity index is 1.88. The molecule has 1 saturated heterocycles. The van der Waals surface area contributed by atoms with Crippen LogP contribution in [-0.2, 0) is 0 Å². The number of hydrogen-bond acceptors (Lipinski definition) is 2. The average Bonchev–Trinajstić information content (AvgIpc) is 2.64. The first kappa shape index (κ1) is 11.7. The third-order valence-electron chi connectivity index (χ3n) is 2.44. The summed E-state index contributed by atoms with van der Waals surface area (Å²) in [7, 11) is 0. The van der Waals surface area contributed by atoms with Crippen molar-refractivity contribution >= 4 is 23.4 Å². The van der Waals surface area contributed by atoms with Crippen molar-refractivity contribution in [3.8, 4) is 0 Å². The molecular formula is C10H20ClNS. The Hall–Kier alpha value is 0.600. The maximum atomic E-state index is 5.73. The summed E-state index contributed by atoms with van der Waals surface area (Å²) in [5.74, 6) is 2.05. The molecule has 1 atom stereocenters. The maximum Gasteiger partial charge on any atom is 0.0339 e. The van der Waals surface area contributed by atoms with Gasteiger partial charge in [0.25, 0.3) is 0 Å². The van der Waals surface area contributed by atoms with Crippen LogP contribution in [0.15, 0.2) is 0 Å². The van der Waals surface area contributed by atoms with E-state index in [1.807, 2.05) is 11.8 Å². The third-order valence-corrected chi connectivity index (χ3v) is 4.34. The summed E-state index contributed by atoms with van der Waals surface area (Å²) in [6, 6.07) is 0. The first-order valence-corrected chi connectivity index (χ1v) is 6.81. The molecule has 0 bridgehead atoms. The smallest absolute Gasteiger partial charge is 0.0339 e. The lowest BCUT2D eigenvalue weighted by Crippen LogP contribution is -2.21. The third kappa shape index (κ3) is 5.14. The Bertz CT molecular complexity index is 126. The molecule has 1 aliphatic heterocycles. The van der Waals surface area contributed by atoms with Gasteiger partial charge in [-0.25, -0.2) is 0 Å². The number of halogens is 1. The molecular weight excluding hydrogens is 202 g/mol. The van der Waals surface area contributed by atoms with Crippen molar-refractivity contribution in [2.45, 2.75) is 31.4 Å². The van der Waals surface area contributed by atoms with E-state index in [9.17, 15) is 0 Å². The van der Waals surface area contributed by atoms with Crippen LogP contribution in [0.3, 0.4) is 0 Å². The number of nitrogens with zero attached hydrogens (tertiary/aromatic N) is 1. The largest absolute Gasteiger partial charge is 0.303 e. The van der Waals surface area contributed by atoms with Gasteiger partial charge in [-0.3, -0.25) is 0 Å². The standard InChI is InChI=1S/C10H20ClNS/c1-10(9-11)13-8-4-7-12-5-2-3-6-12/h10H,2-9H2,1H3. The van der Waals surface area contributed by atoms with Crippen LogP contribution in [-0.4, -0.2) is 41.4 Å². The van der Waals surface area contributed by atoms with Crippen molar-refractivity contribution in [2.24, 2.45) is 0 Å². The van der Waals surface area contributed by atoms with Crippen LogP contribution in [0.2, 0.25) is 0 Å². The van der Waals surface area contributed by atoms with Gasteiger partial charge >= 0.3 is 0 Å². The maximum absolute atomic E-state index is 5.73. The van der Waals surface area contributed by atoms with Crippen molar-refractivity contribution in [3.63, 3.8) is 0 Å². The molecule has 0 aliphatic carbocycles. The minimum atomic E-state index is 0.625. The van der Waals surface area contributed by atoms with E-state index in [2.05, 4.69) is 11.8 Å². The molecule has 1 heterocycles. The number of hydrogen-bond donors (Lipinski definition) is 0. The Kier molecular flexibility index (Phi) is 6.26. The van der Waals surface area contributed by atoms with E-state index in [1.165, 1.54) is 44.6 Å². The second-order valence-corrected chi connectivity index (χ2v) is 5.59. The zero-order valence-corrected chi connectivity index (χ0v) is 10.0. The van der Waals surface area contributed by atoms with Crippen molar-refractivity contribution in [1.82, 2.24) is 4.90 Å². The van der Waals surface area contributed by atoms with Crippen LogP contribution < -0.4 is 0 Å². The van der Waals surface area contributed by atoms with E-state index in [1.54, 1.807) is 0 Å². The number of alkyl halides is 1. The lowest BCUT2D eigenvalue weighted by atomic mass is 10.4. The van der Waals surface area contributed by atoms with Gasteiger partial charge in [0.2, 0.25) is 0 Å². The zero-order valence-electron chi connectivity index (χ0n) is 8.47. The highest BCUT2D eigenvalue weighted by molar-refractivity contribution is 7.99. The highest BCUT2D eigenvalue weighted by Gasteiger charge is 2.10. The van der Waals surface area contributed by atoms with Crippen molar-refractivity contribution in [2.75, 3.05) is 31.3 Å². The van der Waals surface area contributed by atoms with E-state index in [0.29, 0.717) is 5.25 Å². The van der Waals surface area contributed by atoms with E-state index < -0.39 is 0 Å². The topological polar surface area (TPSA) is 3.24 Å². The van der Waals surface area contributed by atoms with Crippen LogP contribution in [0.25, 0.3) is 0 Å². The lowest BCUT2D eigenvalue weighted by Gasteiger charge is -2.14. The summed E-state index contributed by atoms with van der Waals surface area (Å²) in [5, 5.41) is 0.625. The molecule has 13 heavy (non-hydrogen) atoms. The Morgan fingerprint density at radius 2 is 2.08 bits per heavy atom. The van der Waals surface area contributed by atoms with E-state index >= 15 is 0 Å². The van der Waals surface area contributed by atoms with Gasteiger partial charge in [0.15, 0.2) is 0 Å². The highest BCUT2D eigenvalue weighted by atomic mass is 35.5.